The SMILES string of the molecule is Cc1cc(NC(=O)C(=O)N2C[C@H](C)C[C@H](F)[C@H]2c2ccc(F)cc2)cnc1N. The van der Waals surface area contributed by atoms with E-state index in [0.29, 0.717) is 22.6 Å². The highest BCUT2D eigenvalue weighted by atomic mass is 19.1. The number of carbonyl (C=O) groups is 2. The van der Waals surface area contributed by atoms with E-state index in [9.17, 15) is 18.4 Å². The Morgan fingerprint density at radius 1 is 1.29 bits per heavy atom. The van der Waals surface area contributed by atoms with Gasteiger partial charge in [0.2, 0.25) is 0 Å². The van der Waals surface area contributed by atoms with Gasteiger partial charge in [-0.2, -0.15) is 0 Å². The number of aryl methyl sites for hydroxylation is 1. The first kappa shape index (κ1) is 19.7. The molecule has 1 aromatic carbocycles. The van der Waals surface area contributed by atoms with Crippen LogP contribution in [0, 0.1) is 18.7 Å². The first-order valence-corrected chi connectivity index (χ1v) is 9.00. The number of aromatic nitrogens is 1. The molecule has 0 bridgehead atoms. The summed E-state index contributed by atoms with van der Waals surface area (Å²) in [5, 5.41) is 2.49. The Hall–Kier alpha value is -3.03. The van der Waals surface area contributed by atoms with E-state index in [4.69, 9.17) is 5.73 Å². The zero-order valence-corrected chi connectivity index (χ0v) is 15.7. The van der Waals surface area contributed by atoms with Crippen LogP contribution in [0.2, 0.25) is 0 Å². The molecule has 1 saturated heterocycles. The third-order valence-corrected chi connectivity index (χ3v) is 4.86. The number of nitrogens with zero attached hydrogens (tertiary/aromatic N) is 2. The topological polar surface area (TPSA) is 88.3 Å². The normalized spacial score (nSPS) is 22.0. The van der Waals surface area contributed by atoms with Crippen LogP contribution in [0.1, 0.15) is 30.5 Å². The Kier molecular flexibility index (Phi) is 5.58. The van der Waals surface area contributed by atoms with Gasteiger partial charge in [0.05, 0.1) is 17.9 Å². The number of alkyl halides is 1. The lowest BCUT2D eigenvalue weighted by molar-refractivity contribution is -0.148. The van der Waals surface area contributed by atoms with Crippen LogP contribution < -0.4 is 11.1 Å². The van der Waals surface area contributed by atoms with Crippen LogP contribution in [0.3, 0.4) is 0 Å². The van der Waals surface area contributed by atoms with Crippen LogP contribution in [-0.2, 0) is 9.59 Å². The highest BCUT2D eigenvalue weighted by molar-refractivity contribution is 6.39. The molecule has 28 heavy (non-hydrogen) atoms. The molecule has 1 aromatic heterocycles. The number of rotatable bonds is 2. The van der Waals surface area contributed by atoms with Crippen molar-refractivity contribution in [1.82, 2.24) is 9.88 Å². The fraction of sp³-hybridized carbons (Fsp3) is 0.350. The predicted octanol–water partition coefficient (Wildman–Crippen LogP) is 3.00. The summed E-state index contributed by atoms with van der Waals surface area (Å²) in [6, 6.07) is 5.96. The summed E-state index contributed by atoms with van der Waals surface area (Å²) in [6.45, 7) is 3.77. The number of carbonyl (C=O) groups excluding carboxylic acids is 2. The molecule has 3 N–H and O–H groups in total. The summed E-state index contributed by atoms with van der Waals surface area (Å²) in [6.07, 6.45) is 0.252. The van der Waals surface area contributed by atoms with Gasteiger partial charge >= 0.3 is 11.8 Å². The van der Waals surface area contributed by atoms with E-state index in [1.54, 1.807) is 13.0 Å². The van der Waals surface area contributed by atoms with Gasteiger partial charge in [-0.15, -0.1) is 0 Å². The zero-order chi connectivity index (χ0) is 20.4. The van der Waals surface area contributed by atoms with Crippen LogP contribution in [0.15, 0.2) is 36.5 Å². The third kappa shape index (κ3) is 4.11. The van der Waals surface area contributed by atoms with E-state index in [-0.39, 0.29) is 18.9 Å². The van der Waals surface area contributed by atoms with Gasteiger partial charge in [-0.1, -0.05) is 19.1 Å². The molecule has 148 valence electrons. The number of nitrogen functional groups attached to an aromatic ring is 1. The number of hydrogen-bond acceptors (Lipinski definition) is 4. The highest BCUT2D eigenvalue weighted by Gasteiger charge is 2.40. The highest BCUT2D eigenvalue weighted by Crippen LogP contribution is 2.36. The molecule has 6 nitrogen and oxygen atoms in total. The van der Waals surface area contributed by atoms with E-state index >= 15 is 0 Å². The van der Waals surface area contributed by atoms with Crippen molar-refractivity contribution in [1.29, 1.82) is 0 Å². The first-order chi connectivity index (χ1) is 13.3. The van der Waals surface area contributed by atoms with Gasteiger partial charge in [0.1, 0.15) is 17.8 Å². The molecule has 2 heterocycles. The lowest BCUT2D eigenvalue weighted by Crippen LogP contribution is -2.50. The summed E-state index contributed by atoms with van der Waals surface area (Å²) in [7, 11) is 0. The number of anilines is 2. The number of benzene rings is 1. The van der Waals surface area contributed by atoms with Crippen molar-refractivity contribution in [2.45, 2.75) is 32.5 Å². The van der Waals surface area contributed by atoms with Crippen LogP contribution in [-0.4, -0.2) is 34.4 Å². The van der Waals surface area contributed by atoms with E-state index in [0.717, 1.165) is 0 Å². The van der Waals surface area contributed by atoms with Crippen LogP contribution in [0.25, 0.3) is 0 Å². The molecule has 1 aliphatic heterocycles. The largest absolute Gasteiger partial charge is 0.383 e. The van der Waals surface area contributed by atoms with Crippen molar-refractivity contribution >= 4 is 23.3 Å². The predicted molar refractivity (Wildman–Crippen MR) is 102 cm³/mol. The van der Waals surface area contributed by atoms with Crippen molar-refractivity contribution in [2.75, 3.05) is 17.6 Å². The van der Waals surface area contributed by atoms with E-state index < -0.39 is 29.8 Å². The number of nitrogens with one attached hydrogen (secondary N) is 1. The second-order valence-electron chi connectivity index (χ2n) is 7.19. The van der Waals surface area contributed by atoms with Crippen molar-refractivity contribution in [2.24, 2.45) is 5.92 Å². The number of likely N-dealkylation sites (tertiary alicyclic amines) is 1. The molecule has 3 atom stereocenters. The van der Waals surface area contributed by atoms with E-state index in [2.05, 4.69) is 10.3 Å². The smallest absolute Gasteiger partial charge is 0.313 e. The molecule has 2 aromatic rings. The minimum atomic E-state index is -1.36. The lowest BCUT2D eigenvalue weighted by Gasteiger charge is -2.40. The second-order valence-corrected chi connectivity index (χ2v) is 7.19. The molecule has 8 heteroatoms. The van der Waals surface area contributed by atoms with Crippen molar-refractivity contribution in [3.8, 4) is 0 Å². The van der Waals surface area contributed by atoms with Crippen LogP contribution in [0.4, 0.5) is 20.3 Å². The van der Waals surface area contributed by atoms with Gasteiger partial charge in [-0.3, -0.25) is 9.59 Å². The third-order valence-electron chi connectivity index (χ3n) is 4.86. The molecule has 1 aliphatic rings. The Labute approximate surface area is 161 Å². The summed E-state index contributed by atoms with van der Waals surface area (Å²) in [4.78, 5) is 30.5. The Morgan fingerprint density at radius 3 is 2.61 bits per heavy atom. The molecule has 3 rings (SSSR count). The maximum absolute atomic E-state index is 14.8. The Bertz CT molecular complexity index is 888. The Morgan fingerprint density at radius 2 is 1.96 bits per heavy atom. The minimum absolute atomic E-state index is 0.108. The second kappa shape index (κ2) is 7.92. The van der Waals surface area contributed by atoms with Crippen molar-refractivity contribution in [3.05, 3.63) is 53.5 Å². The maximum Gasteiger partial charge on any atom is 0.313 e. The molecule has 0 unspecified atom stereocenters. The van der Waals surface area contributed by atoms with Gasteiger partial charge < -0.3 is 16.0 Å². The van der Waals surface area contributed by atoms with Gasteiger partial charge in [0, 0.05) is 6.54 Å². The van der Waals surface area contributed by atoms with Crippen molar-refractivity contribution in [3.63, 3.8) is 0 Å². The van der Waals surface area contributed by atoms with Crippen molar-refractivity contribution < 1.29 is 18.4 Å². The zero-order valence-electron chi connectivity index (χ0n) is 15.7. The van der Waals surface area contributed by atoms with Crippen LogP contribution >= 0.6 is 0 Å². The molecule has 0 saturated carbocycles. The fourth-order valence-electron chi connectivity index (χ4n) is 3.46. The number of amides is 2. The maximum atomic E-state index is 14.8. The minimum Gasteiger partial charge on any atom is -0.383 e. The van der Waals surface area contributed by atoms with Gasteiger partial charge in [0.15, 0.2) is 0 Å². The number of piperidine rings is 1. The molecular formula is C20H22F2N4O2. The molecule has 0 spiro atoms. The fourth-order valence-corrected chi connectivity index (χ4v) is 3.46. The molecule has 0 radical (unpaired) electrons. The molecule has 1 fully saturated rings. The monoisotopic (exact) mass is 388 g/mol. The average Bonchev–Trinajstić information content (AvgIpc) is 2.64. The summed E-state index contributed by atoms with van der Waals surface area (Å²) < 4.78 is 28.1. The van der Waals surface area contributed by atoms with Gasteiger partial charge in [-0.25, -0.2) is 13.8 Å². The van der Waals surface area contributed by atoms with E-state index in [1.807, 2.05) is 6.92 Å². The molecular weight excluding hydrogens is 366 g/mol. The summed E-state index contributed by atoms with van der Waals surface area (Å²) >= 11 is 0. The lowest BCUT2D eigenvalue weighted by atomic mass is 9.88. The van der Waals surface area contributed by atoms with E-state index in [1.165, 1.54) is 35.4 Å². The number of nitrogens with two attached hydrogens (primary N) is 1. The number of hydrogen-bond donors (Lipinski definition) is 2. The molecule has 0 aliphatic carbocycles. The number of halogens is 2. The standard InChI is InChI=1S/C20H22F2N4O2/c1-11-7-16(22)17(13-3-5-14(21)6-4-13)26(10-11)20(28)19(27)25-15-8-12(2)18(23)24-9-15/h3-6,8-9,11,16-17H,7,10H2,1-2H3,(H2,23,24)(H,25,27)/t11-,16+,17-/m1/s1. The van der Waals surface area contributed by atoms with Gasteiger partial charge in [-0.05, 0) is 48.6 Å². The Balaban J connectivity index is 1.84. The number of pyridine rings is 1. The quantitative estimate of drug-likeness (QED) is 0.774. The molecule has 2 amide bonds. The first-order valence-electron chi connectivity index (χ1n) is 9.00. The summed E-state index contributed by atoms with van der Waals surface area (Å²) in [5.41, 5.74) is 7.09. The van der Waals surface area contributed by atoms with Crippen LogP contribution in [0.5, 0.6) is 0 Å². The summed E-state index contributed by atoms with van der Waals surface area (Å²) in [5.74, 6) is -1.97. The van der Waals surface area contributed by atoms with Gasteiger partial charge in [0.25, 0.3) is 0 Å². The average molecular weight is 388 g/mol.